The van der Waals surface area contributed by atoms with Crippen LogP contribution in [0.15, 0.2) is 18.3 Å². The molecule has 0 aliphatic heterocycles. The first-order chi connectivity index (χ1) is 7.77. The Kier molecular flexibility index (Phi) is 5.86. The number of rotatable bonds is 7. The van der Waals surface area contributed by atoms with E-state index in [9.17, 15) is 0 Å². The van der Waals surface area contributed by atoms with Crippen LogP contribution in [0.1, 0.15) is 45.2 Å². The SMILES string of the molecule is CCCNC(C)c1ccnc(OCCC)c1. The average molecular weight is 222 g/mol. The number of hydrogen-bond donors (Lipinski definition) is 1. The molecule has 1 rings (SSSR count). The Morgan fingerprint density at radius 1 is 1.38 bits per heavy atom. The van der Waals surface area contributed by atoms with Gasteiger partial charge >= 0.3 is 0 Å². The molecule has 0 saturated carbocycles. The minimum atomic E-state index is 0.354. The van der Waals surface area contributed by atoms with E-state index in [1.165, 1.54) is 5.56 Å². The van der Waals surface area contributed by atoms with Crippen LogP contribution in [0.2, 0.25) is 0 Å². The second-order valence-corrected chi connectivity index (χ2v) is 3.95. The largest absolute Gasteiger partial charge is 0.478 e. The van der Waals surface area contributed by atoms with Gasteiger partial charge < -0.3 is 10.1 Å². The third-order valence-electron chi connectivity index (χ3n) is 2.41. The van der Waals surface area contributed by atoms with Gasteiger partial charge in [-0.15, -0.1) is 0 Å². The van der Waals surface area contributed by atoms with Crippen molar-refractivity contribution in [2.75, 3.05) is 13.2 Å². The number of aromatic nitrogens is 1. The minimum Gasteiger partial charge on any atom is -0.478 e. The highest BCUT2D eigenvalue weighted by atomic mass is 16.5. The Hall–Kier alpha value is -1.09. The van der Waals surface area contributed by atoms with Crippen LogP contribution >= 0.6 is 0 Å². The number of ether oxygens (including phenoxy) is 1. The molecule has 0 aliphatic carbocycles. The number of pyridine rings is 1. The van der Waals surface area contributed by atoms with Gasteiger partial charge in [0.1, 0.15) is 0 Å². The fraction of sp³-hybridized carbons (Fsp3) is 0.615. The van der Waals surface area contributed by atoms with E-state index in [-0.39, 0.29) is 0 Å². The lowest BCUT2D eigenvalue weighted by atomic mass is 10.1. The second kappa shape index (κ2) is 7.23. The monoisotopic (exact) mass is 222 g/mol. The summed E-state index contributed by atoms with van der Waals surface area (Å²) in [7, 11) is 0. The van der Waals surface area contributed by atoms with E-state index >= 15 is 0 Å². The van der Waals surface area contributed by atoms with E-state index in [1.54, 1.807) is 0 Å². The normalized spacial score (nSPS) is 12.4. The third-order valence-corrected chi connectivity index (χ3v) is 2.41. The van der Waals surface area contributed by atoms with Gasteiger partial charge in [0.05, 0.1) is 6.61 Å². The first kappa shape index (κ1) is 13.0. The van der Waals surface area contributed by atoms with Crippen LogP contribution in [0.5, 0.6) is 5.88 Å². The molecule has 1 N–H and O–H groups in total. The van der Waals surface area contributed by atoms with Gasteiger partial charge in [0.2, 0.25) is 5.88 Å². The summed E-state index contributed by atoms with van der Waals surface area (Å²) in [6, 6.07) is 4.40. The minimum absolute atomic E-state index is 0.354. The molecule has 0 spiro atoms. The standard InChI is InChI=1S/C13H22N2O/c1-4-7-14-11(3)12-6-8-15-13(10-12)16-9-5-2/h6,8,10-11,14H,4-5,7,9H2,1-3H3. The molecule has 1 heterocycles. The van der Waals surface area contributed by atoms with Crippen molar-refractivity contribution in [2.45, 2.75) is 39.7 Å². The van der Waals surface area contributed by atoms with Crippen LogP contribution in [0.25, 0.3) is 0 Å². The summed E-state index contributed by atoms with van der Waals surface area (Å²) in [4.78, 5) is 4.19. The molecule has 3 heteroatoms. The highest BCUT2D eigenvalue weighted by Gasteiger charge is 2.05. The molecule has 1 atom stereocenters. The fourth-order valence-electron chi connectivity index (χ4n) is 1.46. The van der Waals surface area contributed by atoms with E-state index in [4.69, 9.17) is 4.74 Å². The zero-order chi connectivity index (χ0) is 11.8. The average Bonchev–Trinajstić information content (AvgIpc) is 2.33. The smallest absolute Gasteiger partial charge is 0.213 e. The molecule has 1 aromatic heterocycles. The van der Waals surface area contributed by atoms with Crippen molar-refractivity contribution in [3.05, 3.63) is 23.9 Å². The van der Waals surface area contributed by atoms with Crippen LogP contribution in [-0.2, 0) is 0 Å². The number of hydrogen-bond acceptors (Lipinski definition) is 3. The van der Waals surface area contributed by atoms with E-state index in [1.807, 2.05) is 18.3 Å². The van der Waals surface area contributed by atoms with Crippen molar-refractivity contribution in [3.63, 3.8) is 0 Å². The van der Waals surface area contributed by atoms with Gasteiger partial charge in [-0.1, -0.05) is 13.8 Å². The topological polar surface area (TPSA) is 34.2 Å². The van der Waals surface area contributed by atoms with E-state index in [0.29, 0.717) is 6.04 Å². The van der Waals surface area contributed by atoms with E-state index in [0.717, 1.165) is 31.9 Å². The molecule has 1 aromatic rings. The lowest BCUT2D eigenvalue weighted by Gasteiger charge is -2.14. The molecule has 0 fully saturated rings. The maximum absolute atomic E-state index is 5.51. The predicted molar refractivity (Wildman–Crippen MR) is 66.7 cm³/mol. The third kappa shape index (κ3) is 4.19. The predicted octanol–water partition coefficient (Wildman–Crippen LogP) is 2.93. The Bertz CT molecular complexity index is 302. The molecule has 3 nitrogen and oxygen atoms in total. The van der Waals surface area contributed by atoms with E-state index < -0.39 is 0 Å². The second-order valence-electron chi connectivity index (χ2n) is 3.95. The molecular formula is C13H22N2O. The van der Waals surface area contributed by atoms with Gasteiger partial charge in [-0.2, -0.15) is 0 Å². The summed E-state index contributed by atoms with van der Waals surface area (Å²) in [5.74, 6) is 0.726. The molecule has 0 radical (unpaired) electrons. The van der Waals surface area contributed by atoms with Gasteiger partial charge in [0, 0.05) is 18.3 Å². The zero-order valence-corrected chi connectivity index (χ0v) is 10.5. The Morgan fingerprint density at radius 2 is 2.19 bits per heavy atom. The van der Waals surface area contributed by atoms with Gasteiger partial charge in [0.15, 0.2) is 0 Å². The molecule has 16 heavy (non-hydrogen) atoms. The van der Waals surface area contributed by atoms with Crippen molar-refractivity contribution in [3.8, 4) is 5.88 Å². The Balaban J connectivity index is 2.58. The first-order valence-electron chi connectivity index (χ1n) is 6.10. The fourth-order valence-corrected chi connectivity index (χ4v) is 1.46. The van der Waals surface area contributed by atoms with Crippen molar-refractivity contribution >= 4 is 0 Å². The number of nitrogens with one attached hydrogen (secondary N) is 1. The highest BCUT2D eigenvalue weighted by Crippen LogP contribution is 2.16. The molecule has 0 aromatic carbocycles. The van der Waals surface area contributed by atoms with Gasteiger partial charge in [-0.3, -0.25) is 0 Å². The van der Waals surface area contributed by atoms with Crippen molar-refractivity contribution in [1.82, 2.24) is 10.3 Å². The molecule has 1 unspecified atom stereocenters. The maximum atomic E-state index is 5.51. The summed E-state index contributed by atoms with van der Waals surface area (Å²) in [5.41, 5.74) is 1.23. The molecule has 0 amide bonds. The van der Waals surface area contributed by atoms with Crippen molar-refractivity contribution in [2.24, 2.45) is 0 Å². The summed E-state index contributed by atoms with van der Waals surface area (Å²) < 4.78 is 5.51. The van der Waals surface area contributed by atoms with Crippen LogP contribution in [0.4, 0.5) is 0 Å². The van der Waals surface area contributed by atoms with E-state index in [2.05, 4.69) is 31.1 Å². The van der Waals surface area contributed by atoms with Crippen LogP contribution in [-0.4, -0.2) is 18.1 Å². The number of nitrogens with zero attached hydrogens (tertiary/aromatic N) is 1. The Morgan fingerprint density at radius 3 is 2.88 bits per heavy atom. The van der Waals surface area contributed by atoms with Gasteiger partial charge in [-0.25, -0.2) is 4.98 Å². The van der Waals surface area contributed by atoms with Crippen molar-refractivity contribution in [1.29, 1.82) is 0 Å². The Labute approximate surface area is 98.2 Å². The zero-order valence-electron chi connectivity index (χ0n) is 10.5. The first-order valence-corrected chi connectivity index (χ1v) is 6.10. The quantitative estimate of drug-likeness (QED) is 0.770. The van der Waals surface area contributed by atoms with Gasteiger partial charge in [0.25, 0.3) is 0 Å². The van der Waals surface area contributed by atoms with Crippen LogP contribution < -0.4 is 10.1 Å². The summed E-state index contributed by atoms with van der Waals surface area (Å²) in [6.07, 6.45) is 3.97. The van der Waals surface area contributed by atoms with Crippen LogP contribution in [0, 0.1) is 0 Å². The van der Waals surface area contributed by atoms with Crippen LogP contribution in [0.3, 0.4) is 0 Å². The highest BCUT2D eigenvalue weighted by molar-refractivity contribution is 5.23. The maximum Gasteiger partial charge on any atom is 0.213 e. The molecule has 0 aliphatic rings. The summed E-state index contributed by atoms with van der Waals surface area (Å²) >= 11 is 0. The molecular weight excluding hydrogens is 200 g/mol. The molecule has 0 bridgehead atoms. The molecule has 0 saturated heterocycles. The summed E-state index contributed by atoms with van der Waals surface area (Å²) in [5, 5.41) is 3.45. The van der Waals surface area contributed by atoms with Gasteiger partial charge in [-0.05, 0) is 37.9 Å². The van der Waals surface area contributed by atoms with Crippen molar-refractivity contribution < 1.29 is 4.74 Å². The summed E-state index contributed by atoms with van der Waals surface area (Å²) in [6.45, 7) is 8.19. The molecule has 90 valence electrons. The lowest BCUT2D eigenvalue weighted by Crippen LogP contribution is -2.19. The lowest BCUT2D eigenvalue weighted by molar-refractivity contribution is 0.304.